The fourth-order valence-electron chi connectivity index (χ4n) is 2.56. The van der Waals surface area contributed by atoms with Gasteiger partial charge in [-0.3, -0.25) is 4.90 Å². The lowest BCUT2D eigenvalue weighted by Gasteiger charge is -2.34. The third kappa shape index (κ3) is 4.29. The monoisotopic (exact) mass is 395 g/mol. The van der Waals surface area contributed by atoms with Crippen LogP contribution in [0.1, 0.15) is 59.8 Å². The lowest BCUT2D eigenvalue weighted by atomic mass is 10.1. The molecule has 1 heterocycles. The van der Waals surface area contributed by atoms with Gasteiger partial charge in [-0.25, -0.2) is 9.78 Å². The highest BCUT2D eigenvalue weighted by molar-refractivity contribution is 9.10. The van der Waals surface area contributed by atoms with Gasteiger partial charge >= 0.3 is 6.09 Å². The number of nitrogens with zero attached hydrogens (tertiary/aromatic N) is 2. The average molecular weight is 396 g/mol. The number of benzene rings is 1. The number of fused-ring (bicyclic) bond motifs is 1. The number of aromatic nitrogens is 2. The number of halogens is 1. The zero-order chi connectivity index (χ0) is 18.1. The van der Waals surface area contributed by atoms with E-state index in [9.17, 15) is 4.79 Å². The summed E-state index contributed by atoms with van der Waals surface area (Å²) in [6, 6.07) is 5.74. The van der Waals surface area contributed by atoms with E-state index in [-0.39, 0.29) is 18.2 Å². The number of nitrogens with one attached hydrogen (secondary N) is 1. The predicted octanol–water partition coefficient (Wildman–Crippen LogP) is 5.42. The molecule has 0 saturated heterocycles. The van der Waals surface area contributed by atoms with Gasteiger partial charge in [-0.05, 0) is 59.2 Å². The molecule has 1 aromatic heterocycles. The number of carbonyl (C=O) groups is 1. The second-order valence-corrected chi connectivity index (χ2v) is 8.02. The van der Waals surface area contributed by atoms with Gasteiger partial charge in [0, 0.05) is 10.5 Å². The van der Waals surface area contributed by atoms with Crippen molar-refractivity contribution in [3.63, 3.8) is 0 Å². The molecule has 6 heteroatoms. The maximum Gasteiger partial charge on any atom is 0.411 e. The Labute approximate surface area is 151 Å². The summed E-state index contributed by atoms with van der Waals surface area (Å²) in [7, 11) is 0. The van der Waals surface area contributed by atoms with Crippen molar-refractivity contribution >= 4 is 33.1 Å². The molecule has 0 radical (unpaired) electrons. The Bertz CT molecular complexity index is 721. The second kappa shape index (κ2) is 7.13. The lowest BCUT2D eigenvalue weighted by molar-refractivity contribution is 0.00699. The van der Waals surface area contributed by atoms with Gasteiger partial charge in [0.1, 0.15) is 11.4 Å². The molecule has 0 spiro atoms. The molecule has 1 amide bonds. The van der Waals surface area contributed by atoms with E-state index in [4.69, 9.17) is 4.74 Å². The molecular weight excluding hydrogens is 370 g/mol. The molecule has 24 heavy (non-hydrogen) atoms. The summed E-state index contributed by atoms with van der Waals surface area (Å²) in [6.07, 6.45) is 0.529. The summed E-state index contributed by atoms with van der Waals surface area (Å²) in [6.45, 7) is 11.7. The van der Waals surface area contributed by atoms with E-state index in [2.05, 4.69) is 32.8 Å². The molecule has 0 bridgehead atoms. The van der Waals surface area contributed by atoms with Crippen molar-refractivity contribution in [2.45, 2.75) is 65.6 Å². The molecule has 132 valence electrons. The Hall–Kier alpha value is -1.56. The van der Waals surface area contributed by atoms with Crippen LogP contribution in [0.2, 0.25) is 0 Å². The third-order valence-electron chi connectivity index (χ3n) is 3.95. The quantitative estimate of drug-likeness (QED) is 0.751. The Morgan fingerprint density at radius 3 is 2.62 bits per heavy atom. The Morgan fingerprint density at radius 1 is 1.38 bits per heavy atom. The lowest BCUT2D eigenvalue weighted by Crippen LogP contribution is -2.43. The number of rotatable bonds is 4. The van der Waals surface area contributed by atoms with Crippen LogP contribution in [-0.4, -0.2) is 32.6 Å². The molecule has 0 fully saturated rings. The normalized spacial score (nSPS) is 14.5. The van der Waals surface area contributed by atoms with Crippen LogP contribution in [0.4, 0.5) is 4.79 Å². The van der Waals surface area contributed by atoms with E-state index >= 15 is 0 Å². The van der Waals surface area contributed by atoms with Crippen LogP contribution in [0.3, 0.4) is 0 Å². The summed E-state index contributed by atoms with van der Waals surface area (Å²) in [4.78, 5) is 22.4. The number of ether oxygens (including phenoxy) is 1. The van der Waals surface area contributed by atoms with E-state index in [1.54, 1.807) is 4.90 Å². The number of hydrogen-bond donors (Lipinski definition) is 1. The summed E-state index contributed by atoms with van der Waals surface area (Å²) in [5.41, 5.74) is 1.30. The van der Waals surface area contributed by atoms with Crippen LogP contribution < -0.4 is 0 Å². The number of H-pyrrole nitrogens is 1. The SMILES string of the molecule is CCC(C)N(C(=O)OC(C)(C)C)C(C)c1nc2ccc(Br)cc2[nH]1. The molecule has 2 rings (SSSR count). The molecular formula is C18H26BrN3O2. The number of carbonyl (C=O) groups excluding carboxylic acids is 1. The van der Waals surface area contributed by atoms with Crippen molar-refractivity contribution in [3.05, 3.63) is 28.5 Å². The van der Waals surface area contributed by atoms with Gasteiger partial charge in [0.15, 0.2) is 0 Å². The fraction of sp³-hybridized carbons (Fsp3) is 0.556. The first-order chi connectivity index (χ1) is 11.1. The molecule has 0 aliphatic carbocycles. The Kier molecular flexibility index (Phi) is 5.58. The van der Waals surface area contributed by atoms with E-state index in [0.29, 0.717) is 0 Å². The van der Waals surface area contributed by atoms with Gasteiger partial charge in [0.05, 0.1) is 17.1 Å². The highest BCUT2D eigenvalue weighted by Gasteiger charge is 2.31. The molecule has 2 atom stereocenters. The molecule has 0 aliphatic rings. The minimum atomic E-state index is -0.527. The van der Waals surface area contributed by atoms with Crippen LogP contribution in [-0.2, 0) is 4.74 Å². The molecule has 0 aliphatic heterocycles. The molecule has 1 aromatic carbocycles. The maximum absolute atomic E-state index is 12.7. The average Bonchev–Trinajstić information content (AvgIpc) is 2.88. The van der Waals surface area contributed by atoms with Crippen molar-refractivity contribution in [1.82, 2.24) is 14.9 Å². The zero-order valence-corrected chi connectivity index (χ0v) is 16.8. The number of aromatic amines is 1. The van der Waals surface area contributed by atoms with Gasteiger partial charge in [-0.1, -0.05) is 22.9 Å². The number of amides is 1. The fourth-order valence-corrected chi connectivity index (χ4v) is 2.92. The van der Waals surface area contributed by atoms with Gasteiger partial charge in [-0.15, -0.1) is 0 Å². The first kappa shape index (κ1) is 18.8. The molecule has 2 unspecified atom stereocenters. The van der Waals surface area contributed by atoms with Crippen LogP contribution >= 0.6 is 15.9 Å². The Balaban J connectivity index is 2.35. The minimum Gasteiger partial charge on any atom is -0.444 e. The summed E-state index contributed by atoms with van der Waals surface area (Å²) >= 11 is 3.47. The first-order valence-corrected chi connectivity index (χ1v) is 9.08. The predicted molar refractivity (Wildman–Crippen MR) is 100 cm³/mol. The van der Waals surface area contributed by atoms with Crippen LogP contribution in [0.25, 0.3) is 11.0 Å². The minimum absolute atomic E-state index is 0.0507. The summed E-state index contributed by atoms with van der Waals surface area (Å²) in [5, 5.41) is 0. The van der Waals surface area contributed by atoms with Gasteiger partial charge in [0.2, 0.25) is 0 Å². The second-order valence-electron chi connectivity index (χ2n) is 7.10. The van der Waals surface area contributed by atoms with Crippen LogP contribution in [0, 0.1) is 0 Å². The van der Waals surface area contributed by atoms with Crippen LogP contribution in [0.15, 0.2) is 22.7 Å². The van der Waals surface area contributed by atoms with Crippen molar-refractivity contribution in [2.24, 2.45) is 0 Å². The maximum atomic E-state index is 12.7. The highest BCUT2D eigenvalue weighted by atomic mass is 79.9. The standard InChI is InChI=1S/C18H26BrN3O2/c1-7-11(2)22(17(23)24-18(4,5)6)12(3)16-20-14-9-8-13(19)10-15(14)21-16/h8-12H,7H2,1-6H3,(H,20,21). The van der Waals surface area contributed by atoms with Crippen molar-refractivity contribution in [1.29, 1.82) is 0 Å². The van der Waals surface area contributed by atoms with Crippen LogP contribution in [0.5, 0.6) is 0 Å². The van der Waals surface area contributed by atoms with E-state index in [1.807, 2.05) is 52.8 Å². The van der Waals surface area contributed by atoms with Gasteiger partial charge in [0.25, 0.3) is 0 Å². The third-order valence-corrected chi connectivity index (χ3v) is 4.44. The topological polar surface area (TPSA) is 58.2 Å². The largest absolute Gasteiger partial charge is 0.444 e. The van der Waals surface area contributed by atoms with E-state index in [0.717, 1.165) is 27.8 Å². The molecule has 5 nitrogen and oxygen atoms in total. The smallest absolute Gasteiger partial charge is 0.411 e. The Morgan fingerprint density at radius 2 is 2.04 bits per heavy atom. The van der Waals surface area contributed by atoms with E-state index < -0.39 is 5.60 Å². The summed E-state index contributed by atoms with van der Waals surface area (Å²) in [5.74, 6) is 0.759. The van der Waals surface area contributed by atoms with Crippen molar-refractivity contribution < 1.29 is 9.53 Å². The highest BCUT2D eigenvalue weighted by Crippen LogP contribution is 2.27. The summed E-state index contributed by atoms with van der Waals surface area (Å²) < 4.78 is 6.59. The first-order valence-electron chi connectivity index (χ1n) is 8.29. The van der Waals surface area contributed by atoms with Gasteiger partial charge in [-0.2, -0.15) is 0 Å². The molecule has 1 N–H and O–H groups in total. The van der Waals surface area contributed by atoms with E-state index in [1.165, 1.54) is 0 Å². The number of imidazole rings is 1. The van der Waals surface area contributed by atoms with Gasteiger partial charge < -0.3 is 9.72 Å². The molecule has 0 saturated carbocycles. The number of hydrogen-bond acceptors (Lipinski definition) is 3. The molecule has 2 aromatic rings. The van der Waals surface area contributed by atoms with Crippen molar-refractivity contribution in [3.8, 4) is 0 Å². The zero-order valence-electron chi connectivity index (χ0n) is 15.2. The van der Waals surface area contributed by atoms with Crippen molar-refractivity contribution in [2.75, 3.05) is 0 Å².